The van der Waals surface area contributed by atoms with Gasteiger partial charge in [0.1, 0.15) is 6.04 Å². The molecule has 0 saturated heterocycles. The number of nitrogens with one attached hydrogen (secondary N) is 1. The molecule has 0 heterocycles. The maximum atomic E-state index is 11.3. The number of carboxylic acid groups (broad SMARTS) is 1. The van der Waals surface area contributed by atoms with E-state index < -0.39 is 30.1 Å². The first kappa shape index (κ1) is 14.5. The van der Waals surface area contributed by atoms with Crippen LogP contribution in [0.5, 0.6) is 0 Å². The molecule has 0 aromatic rings. The summed E-state index contributed by atoms with van der Waals surface area (Å²) in [5, 5.41) is 19.6. The molecule has 5 N–H and O–H groups in total. The number of hydrogen-bond acceptors (Lipinski definition) is 5. The predicted octanol–water partition coefficient (Wildman–Crippen LogP) is -1.85. The zero-order valence-electron chi connectivity index (χ0n) is 8.84. The highest BCUT2D eigenvalue weighted by Crippen LogP contribution is 1.97. The summed E-state index contributed by atoms with van der Waals surface area (Å²) in [5.41, 5.74) is 5.31. The highest BCUT2D eigenvalue weighted by Gasteiger charge is 2.22. The van der Waals surface area contributed by atoms with Gasteiger partial charge in [0.25, 0.3) is 0 Å². The predicted molar refractivity (Wildman–Crippen MR) is 54.2 cm³/mol. The van der Waals surface area contributed by atoms with Gasteiger partial charge >= 0.3 is 5.97 Å². The molecule has 0 fully saturated rings. The lowest BCUT2D eigenvalue weighted by atomic mass is 10.1. The van der Waals surface area contributed by atoms with Gasteiger partial charge in [-0.1, -0.05) is 0 Å². The number of carboxylic acids is 1. The lowest BCUT2D eigenvalue weighted by Gasteiger charge is -2.17. The van der Waals surface area contributed by atoms with E-state index in [0.717, 1.165) is 0 Å². The van der Waals surface area contributed by atoms with E-state index in [2.05, 4.69) is 5.32 Å². The maximum absolute atomic E-state index is 11.3. The van der Waals surface area contributed by atoms with Gasteiger partial charge in [-0.15, -0.1) is 0 Å². The molecule has 0 aliphatic rings. The van der Waals surface area contributed by atoms with Crippen LogP contribution in [-0.4, -0.2) is 46.6 Å². The van der Waals surface area contributed by atoms with Crippen LogP contribution in [0.15, 0.2) is 0 Å². The minimum atomic E-state index is -1.15. The Bertz CT molecular complexity index is 267. The van der Waals surface area contributed by atoms with Crippen LogP contribution in [0, 0.1) is 0 Å². The van der Waals surface area contributed by atoms with Gasteiger partial charge in [-0.05, 0) is 13.3 Å². The van der Waals surface area contributed by atoms with E-state index in [0.29, 0.717) is 0 Å². The third-order valence-electron chi connectivity index (χ3n) is 1.93. The second kappa shape index (κ2) is 6.91. The van der Waals surface area contributed by atoms with E-state index in [-0.39, 0.29) is 12.8 Å². The number of hydrogen-bond donors (Lipinski definition) is 4. The summed E-state index contributed by atoms with van der Waals surface area (Å²) in [6.45, 7) is 1.33. The molecule has 16 heavy (non-hydrogen) atoms. The first-order valence-corrected chi connectivity index (χ1v) is 4.72. The molecule has 3 atom stereocenters. The van der Waals surface area contributed by atoms with Crippen molar-refractivity contribution in [2.24, 2.45) is 5.73 Å². The fourth-order valence-electron chi connectivity index (χ4n) is 0.915. The van der Waals surface area contributed by atoms with Gasteiger partial charge in [0.05, 0.1) is 12.1 Å². The normalized spacial score (nSPS) is 15.9. The molecule has 0 aliphatic heterocycles. The second-order valence-electron chi connectivity index (χ2n) is 3.38. The van der Waals surface area contributed by atoms with Crippen LogP contribution in [0.3, 0.4) is 0 Å². The van der Waals surface area contributed by atoms with Crippen molar-refractivity contribution in [1.29, 1.82) is 0 Å². The summed E-state index contributed by atoms with van der Waals surface area (Å²) in [6.07, 6.45) is 0.132. The first-order valence-electron chi connectivity index (χ1n) is 4.72. The minimum Gasteiger partial charge on any atom is -0.481 e. The fraction of sp³-hybridized carbons (Fsp3) is 0.667. The van der Waals surface area contributed by atoms with Crippen molar-refractivity contribution in [2.75, 3.05) is 0 Å². The monoisotopic (exact) mass is 231 g/mol. The molecule has 1 radical (unpaired) electrons. The molecule has 0 bridgehead atoms. The molecule has 0 aromatic heterocycles. The summed E-state index contributed by atoms with van der Waals surface area (Å²) in [5.74, 6) is -1.79. The van der Waals surface area contributed by atoms with Crippen LogP contribution in [0.25, 0.3) is 0 Å². The van der Waals surface area contributed by atoms with Gasteiger partial charge in [0.2, 0.25) is 12.2 Å². The van der Waals surface area contributed by atoms with Gasteiger partial charge in [0.15, 0.2) is 0 Å². The summed E-state index contributed by atoms with van der Waals surface area (Å²) >= 11 is 0. The third-order valence-corrected chi connectivity index (χ3v) is 1.93. The van der Waals surface area contributed by atoms with Crippen LogP contribution in [0.4, 0.5) is 0 Å². The highest BCUT2D eigenvalue weighted by atomic mass is 16.4. The molecular formula is C9H15N2O5. The van der Waals surface area contributed by atoms with Crippen molar-refractivity contribution in [3.63, 3.8) is 0 Å². The molecule has 0 aliphatic carbocycles. The Labute approximate surface area is 92.6 Å². The van der Waals surface area contributed by atoms with E-state index in [1.165, 1.54) is 13.2 Å². The van der Waals surface area contributed by atoms with Gasteiger partial charge in [-0.3, -0.25) is 14.4 Å². The second-order valence-corrected chi connectivity index (χ2v) is 3.38. The van der Waals surface area contributed by atoms with E-state index in [1.54, 1.807) is 0 Å². The lowest BCUT2D eigenvalue weighted by molar-refractivity contribution is -0.137. The highest BCUT2D eigenvalue weighted by molar-refractivity contribution is 5.84. The molecule has 91 valence electrons. The van der Waals surface area contributed by atoms with Crippen LogP contribution >= 0.6 is 0 Å². The molecule has 1 amide bonds. The zero-order chi connectivity index (χ0) is 12.7. The van der Waals surface area contributed by atoms with Crippen molar-refractivity contribution in [3.05, 3.63) is 0 Å². The SMILES string of the molecule is C[C@@H](O)[C@H](N)C(=O)N[C@H]([C]=O)CCC(=O)O. The number of carbonyl (C=O) groups is 2. The summed E-state index contributed by atoms with van der Waals surface area (Å²) in [4.78, 5) is 31.9. The molecule has 0 spiro atoms. The molecular weight excluding hydrogens is 216 g/mol. The van der Waals surface area contributed by atoms with Gasteiger partial charge in [-0.25, -0.2) is 0 Å². The van der Waals surface area contributed by atoms with Crippen molar-refractivity contribution < 1.29 is 24.6 Å². The van der Waals surface area contributed by atoms with Crippen molar-refractivity contribution in [3.8, 4) is 0 Å². The van der Waals surface area contributed by atoms with Gasteiger partial charge < -0.3 is 21.3 Å². The molecule has 0 rings (SSSR count). The quantitative estimate of drug-likeness (QED) is 0.407. The van der Waals surface area contributed by atoms with Crippen molar-refractivity contribution in [2.45, 2.75) is 38.0 Å². The largest absolute Gasteiger partial charge is 0.481 e. The fourth-order valence-corrected chi connectivity index (χ4v) is 0.915. The number of aliphatic carboxylic acids is 1. The van der Waals surface area contributed by atoms with Gasteiger partial charge in [-0.2, -0.15) is 0 Å². The molecule has 0 unspecified atom stereocenters. The van der Waals surface area contributed by atoms with E-state index in [4.69, 9.17) is 15.9 Å². The van der Waals surface area contributed by atoms with Crippen LogP contribution in [-0.2, 0) is 14.4 Å². The molecule has 0 saturated carbocycles. The average molecular weight is 231 g/mol. The van der Waals surface area contributed by atoms with Crippen LogP contribution in [0.2, 0.25) is 0 Å². The minimum absolute atomic E-state index is 0.0584. The molecule has 7 nitrogen and oxygen atoms in total. The Morgan fingerprint density at radius 1 is 1.50 bits per heavy atom. The van der Waals surface area contributed by atoms with Gasteiger partial charge in [0, 0.05) is 6.42 Å². The number of aliphatic hydroxyl groups is 1. The van der Waals surface area contributed by atoms with Crippen molar-refractivity contribution >= 4 is 18.2 Å². The van der Waals surface area contributed by atoms with E-state index in [1.807, 2.05) is 0 Å². The Balaban J connectivity index is 4.16. The third kappa shape index (κ3) is 5.42. The van der Waals surface area contributed by atoms with Crippen LogP contribution < -0.4 is 11.1 Å². The number of aliphatic hydroxyl groups excluding tert-OH is 1. The first-order chi connectivity index (χ1) is 7.38. The Morgan fingerprint density at radius 2 is 2.06 bits per heavy atom. The molecule has 7 heteroatoms. The topological polar surface area (TPSA) is 130 Å². The average Bonchev–Trinajstić information content (AvgIpc) is 2.22. The Hall–Kier alpha value is -1.47. The van der Waals surface area contributed by atoms with Crippen molar-refractivity contribution in [1.82, 2.24) is 5.32 Å². The Morgan fingerprint density at radius 3 is 2.44 bits per heavy atom. The number of nitrogens with two attached hydrogens (primary N) is 1. The summed E-state index contributed by atoms with van der Waals surface area (Å²) in [6, 6.07) is -2.17. The number of carbonyl (C=O) groups excluding carboxylic acids is 2. The van der Waals surface area contributed by atoms with E-state index >= 15 is 0 Å². The smallest absolute Gasteiger partial charge is 0.303 e. The maximum Gasteiger partial charge on any atom is 0.303 e. The zero-order valence-corrected chi connectivity index (χ0v) is 8.84. The Kier molecular flexibility index (Phi) is 6.28. The summed E-state index contributed by atoms with van der Waals surface area (Å²) in [7, 11) is 0. The number of rotatable bonds is 7. The lowest BCUT2D eigenvalue weighted by Crippen LogP contribution is -2.50. The summed E-state index contributed by atoms with van der Waals surface area (Å²) < 4.78 is 0. The van der Waals surface area contributed by atoms with Crippen LogP contribution in [0.1, 0.15) is 19.8 Å². The standard InChI is InChI=1S/C9H15N2O5/c1-5(13)8(10)9(16)11-6(4-12)2-3-7(14)15/h5-6,8,13H,2-3,10H2,1H3,(H,11,16)(H,14,15)/t5-,6+,8+/m1/s1. The molecule has 0 aromatic carbocycles. The van der Waals surface area contributed by atoms with E-state index in [9.17, 15) is 14.4 Å². The number of amides is 1.